The molecule has 15 heavy (non-hydrogen) atoms. The first-order chi connectivity index (χ1) is 7.31. The topological polar surface area (TPSA) is 48.5 Å². The van der Waals surface area contributed by atoms with Crippen molar-refractivity contribution in [3.8, 4) is 0 Å². The second-order valence-corrected chi connectivity index (χ2v) is 3.56. The van der Waals surface area contributed by atoms with Crippen molar-refractivity contribution >= 4 is 28.7 Å². The van der Waals surface area contributed by atoms with Gasteiger partial charge >= 0.3 is 0 Å². The number of fused-ring (bicyclic) bond motifs is 1. The Kier molecular flexibility index (Phi) is 2.82. The van der Waals surface area contributed by atoms with E-state index in [1.165, 1.54) is 0 Å². The van der Waals surface area contributed by atoms with Gasteiger partial charge in [-0.15, -0.1) is 0 Å². The number of hydrogen-bond acceptors (Lipinski definition) is 3. The van der Waals surface area contributed by atoms with E-state index in [0.717, 1.165) is 23.5 Å². The van der Waals surface area contributed by atoms with Crippen LogP contribution < -0.4 is 16.1 Å². The molecule has 5 heteroatoms. The molecule has 1 aromatic rings. The number of para-hydroxylation sites is 1. The van der Waals surface area contributed by atoms with Crippen LogP contribution in [0.15, 0.2) is 29.4 Å². The molecule has 0 aromatic heterocycles. The molecule has 1 aliphatic rings. The van der Waals surface area contributed by atoms with E-state index in [0.29, 0.717) is 5.11 Å². The van der Waals surface area contributed by atoms with Crippen LogP contribution in [-0.4, -0.2) is 24.4 Å². The average molecular weight is 220 g/mol. The molecule has 1 aliphatic heterocycles. The zero-order valence-electron chi connectivity index (χ0n) is 8.37. The van der Waals surface area contributed by atoms with Gasteiger partial charge in [-0.3, -0.25) is 5.43 Å². The molecule has 1 heterocycles. The molecule has 4 nitrogen and oxygen atoms in total. The van der Waals surface area contributed by atoms with Crippen LogP contribution in [0.5, 0.6) is 0 Å². The normalized spacial score (nSPS) is 15.7. The van der Waals surface area contributed by atoms with E-state index in [9.17, 15) is 0 Å². The SMILES string of the molecule is CNC(=S)N/N=C1/CNc2ccccc21. The lowest BCUT2D eigenvalue weighted by atomic mass is 10.1. The number of hydrazone groups is 1. The summed E-state index contributed by atoms with van der Waals surface area (Å²) in [5.74, 6) is 0. The van der Waals surface area contributed by atoms with Crippen LogP contribution in [0.4, 0.5) is 5.69 Å². The first-order valence-corrected chi connectivity index (χ1v) is 5.09. The Labute approximate surface area is 93.8 Å². The highest BCUT2D eigenvalue weighted by atomic mass is 32.1. The number of thiocarbonyl (C=S) groups is 1. The summed E-state index contributed by atoms with van der Waals surface area (Å²) in [6.07, 6.45) is 0. The number of anilines is 1. The fourth-order valence-corrected chi connectivity index (χ4v) is 1.48. The van der Waals surface area contributed by atoms with Crippen LogP contribution in [0.1, 0.15) is 5.56 Å². The first-order valence-electron chi connectivity index (χ1n) is 4.69. The third-order valence-corrected chi connectivity index (χ3v) is 2.50. The predicted molar refractivity (Wildman–Crippen MR) is 66.3 cm³/mol. The zero-order valence-corrected chi connectivity index (χ0v) is 9.19. The van der Waals surface area contributed by atoms with Crippen molar-refractivity contribution in [2.24, 2.45) is 5.10 Å². The predicted octanol–water partition coefficient (Wildman–Crippen LogP) is 0.910. The van der Waals surface area contributed by atoms with E-state index >= 15 is 0 Å². The Morgan fingerprint density at radius 2 is 2.27 bits per heavy atom. The van der Waals surface area contributed by atoms with Gasteiger partial charge in [0.25, 0.3) is 0 Å². The molecular formula is C10H12N4S. The van der Waals surface area contributed by atoms with Crippen LogP contribution in [0.25, 0.3) is 0 Å². The molecule has 0 atom stereocenters. The number of rotatable bonds is 1. The summed E-state index contributed by atoms with van der Waals surface area (Å²) in [6.45, 7) is 0.735. The van der Waals surface area contributed by atoms with Gasteiger partial charge < -0.3 is 10.6 Å². The van der Waals surface area contributed by atoms with Gasteiger partial charge in [-0.2, -0.15) is 5.10 Å². The third-order valence-electron chi connectivity index (χ3n) is 2.20. The second-order valence-electron chi connectivity index (χ2n) is 3.15. The van der Waals surface area contributed by atoms with E-state index in [-0.39, 0.29) is 0 Å². The van der Waals surface area contributed by atoms with Gasteiger partial charge in [0.1, 0.15) is 0 Å². The minimum Gasteiger partial charge on any atom is -0.379 e. The summed E-state index contributed by atoms with van der Waals surface area (Å²) in [7, 11) is 1.76. The van der Waals surface area contributed by atoms with Gasteiger partial charge in [-0.25, -0.2) is 0 Å². The number of nitrogens with one attached hydrogen (secondary N) is 3. The first kappa shape index (κ1) is 9.92. The summed E-state index contributed by atoms with van der Waals surface area (Å²) >= 11 is 4.94. The van der Waals surface area contributed by atoms with E-state index < -0.39 is 0 Å². The molecule has 2 rings (SSSR count). The minimum absolute atomic E-state index is 0.520. The van der Waals surface area contributed by atoms with Crippen molar-refractivity contribution in [2.45, 2.75) is 0 Å². The molecule has 0 fully saturated rings. The smallest absolute Gasteiger partial charge is 0.186 e. The Morgan fingerprint density at radius 1 is 1.47 bits per heavy atom. The van der Waals surface area contributed by atoms with Crippen LogP contribution in [-0.2, 0) is 0 Å². The van der Waals surface area contributed by atoms with Crippen molar-refractivity contribution < 1.29 is 0 Å². The zero-order chi connectivity index (χ0) is 10.7. The van der Waals surface area contributed by atoms with Crippen molar-refractivity contribution in [1.82, 2.24) is 10.7 Å². The average Bonchev–Trinajstić information content (AvgIpc) is 2.69. The highest BCUT2D eigenvalue weighted by molar-refractivity contribution is 7.80. The minimum atomic E-state index is 0.520. The molecular weight excluding hydrogens is 208 g/mol. The number of benzene rings is 1. The van der Waals surface area contributed by atoms with Crippen molar-refractivity contribution in [3.63, 3.8) is 0 Å². The largest absolute Gasteiger partial charge is 0.379 e. The number of hydrogen-bond donors (Lipinski definition) is 3. The van der Waals surface area contributed by atoms with Gasteiger partial charge in [0.05, 0.1) is 12.3 Å². The Balaban J connectivity index is 2.17. The second kappa shape index (κ2) is 4.27. The number of nitrogens with zero attached hydrogens (tertiary/aromatic N) is 1. The van der Waals surface area contributed by atoms with Crippen LogP contribution in [0, 0.1) is 0 Å². The van der Waals surface area contributed by atoms with E-state index in [2.05, 4.69) is 21.2 Å². The molecule has 3 N–H and O–H groups in total. The van der Waals surface area contributed by atoms with Gasteiger partial charge in [0.2, 0.25) is 0 Å². The van der Waals surface area contributed by atoms with E-state index in [1.807, 2.05) is 24.3 Å². The monoisotopic (exact) mass is 220 g/mol. The van der Waals surface area contributed by atoms with Gasteiger partial charge in [-0.05, 0) is 18.3 Å². The van der Waals surface area contributed by atoms with Gasteiger partial charge in [0.15, 0.2) is 5.11 Å². The van der Waals surface area contributed by atoms with Crippen molar-refractivity contribution in [1.29, 1.82) is 0 Å². The molecule has 0 amide bonds. The summed E-state index contributed by atoms with van der Waals surface area (Å²) < 4.78 is 0. The van der Waals surface area contributed by atoms with E-state index in [1.54, 1.807) is 7.05 Å². The summed E-state index contributed by atoms with van der Waals surface area (Å²) in [5, 5.41) is 10.8. The lowest BCUT2D eigenvalue weighted by Crippen LogP contribution is -2.29. The molecule has 0 radical (unpaired) electrons. The van der Waals surface area contributed by atoms with E-state index in [4.69, 9.17) is 12.2 Å². The lowest BCUT2D eigenvalue weighted by molar-refractivity contribution is 0.973. The Hall–Kier alpha value is -1.62. The van der Waals surface area contributed by atoms with Crippen molar-refractivity contribution in [3.05, 3.63) is 29.8 Å². The Morgan fingerprint density at radius 3 is 3.07 bits per heavy atom. The molecule has 0 bridgehead atoms. The molecule has 0 saturated carbocycles. The summed E-state index contributed by atoms with van der Waals surface area (Å²) in [6, 6.07) is 8.07. The summed E-state index contributed by atoms with van der Waals surface area (Å²) in [5.41, 5.74) is 6.01. The highest BCUT2D eigenvalue weighted by Crippen LogP contribution is 2.21. The molecule has 0 unspecified atom stereocenters. The maximum Gasteiger partial charge on any atom is 0.186 e. The summed E-state index contributed by atoms with van der Waals surface area (Å²) in [4.78, 5) is 0. The molecule has 0 spiro atoms. The van der Waals surface area contributed by atoms with Crippen LogP contribution >= 0.6 is 12.2 Å². The van der Waals surface area contributed by atoms with Gasteiger partial charge in [-0.1, -0.05) is 18.2 Å². The lowest BCUT2D eigenvalue weighted by Gasteiger charge is -2.02. The quantitative estimate of drug-likeness (QED) is 0.486. The Bertz CT molecular complexity index is 414. The maximum atomic E-state index is 4.94. The molecule has 78 valence electrons. The molecule has 1 aromatic carbocycles. The standard InChI is InChI=1S/C10H12N4S/c1-11-10(15)14-13-9-6-12-8-5-3-2-4-7(8)9/h2-5,12H,6H2,1H3,(H2,11,14,15)/b13-9-. The third kappa shape index (κ3) is 2.07. The van der Waals surface area contributed by atoms with Crippen LogP contribution in [0.3, 0.4) is 0 Å². The fraction of sp³-hybridized carbons (Fsp3) is 0.200. The highest BCUT2D eigenvalue weighted by Gasteiger charge is 2.15. The fourth-order valence-electron chi connectivity index (χ4n) is 1.44. The van der Waals surface area contributed by atoms with Crippen LogP contribution in [0.2, 0.25) is 0 Å². The molecule has 0 saturated heterocycles. The molecule has 0 aliphatic carbocycles. The maximum absolute atomic E-state index is 4.94. The van der Waals surface area contributed by atoms with Crippen molar-refractivity contribution in [2.75, 3.05) is 18.9 Å². The van der Waals surface area contributed by atoms with Gasteiger partial charge in [0, 0.05) is 18.3 Å².